The largest absolute Gasteiger partial charge is 0.493 e. The summed E-state index contributed by atoms with van der Waals surface area (Å²) >= 11 is 6.65. The average Bonchev–Trinajstić information content (AvgIpc) is 3.27. The fourth-order valence-electron chi connectivity index (χ4n) is 2.66. The maximum atomic E-state index is 12.5. The monoisotopic (exact) mass is 404 g/mol. The van der Waals surface area contributed by atoms with Crippen molar-refractivity contribution in [3.63, 3.8) is 0 Å². The van der Waals surface area contributed by atoms with Gasteiger partial charge in [0.05, 0.1) is 20.8 Å². The van der Waals surface area contributed by atoms with E-state index in [1.54, 1.807) is 30.0 Å². The van der Waals surface area contributed by atoms with E-state index < -0.39 is 0 Å². The van der Waals surface area contributed by atoms with Crippen molar-refractivity contribution in [2.24, 2.45) is 0 Å². The number of ether oxygens (including phenoxy) is 2. The number of aromatic nitrogens is 3. The maximum absolute atomic E-state index is 12.5. The van der Waals surface area contributed by atoms with E-state index in [9.17, 15) is 4.79 Å². The summed E-state index contributed by atoms with van der Waals surface area (Å²) < 4.78 is 14.9. The minimum Gasteiger partial charge on any atom is -0.493 e. The van der Waals surface area contributed by atoms with Crippen LogP contribution in [-0.4, -0.2) is 34.5 Å². The van der Waals surface area contributed by atoms with Crippen molar-refractivity contribution in [3.05, 3.63) is 51.7 Å². The molecule has 0 bridgehead atoms. The smallest absolute Gasteiger partial charge is 0.257 e. The lowest BCUT2D eigenvalue weighted by Crippen LogP contribution is -2.13. The van der Waals surface area contributed by atoms with Crippen molar-refractivity contribution in [3.8, 4) is 11.5 Å². The van der Waals surface area contributed by atoms with Gasteiger partial charge in [0, 0.05) is 24.0 Å². The molecule has 3 aromatic rings. The number of hydrogen-bond donors (Lipinski definition) is 1. The molecule has 142 valence electrons. The van der Waals surface area contributed by atoms with Gasteiger partial charge in [-0.05, 0) is 49.5 Å². The van der Waals surface area contributed by atoms with Crippen LogP contribution in [0.15, 0.2) is 36.5 Å². The Bertz CT molecular complexity index is 1010. The quantitative estimate of drug-likeness (QED) is 0.607. The molecule has 27 heavy (non-hydrogen) atoms. The Hall–Kier alpha value is -2.65. The lowest BCUT2D eigenvalue weighted by molar-refractivity contribution is 0.102. The molecule has 0 aliphatic heterocycles. The number of benzene rings is 1. The molecular weight excluding hydrogens is 384 g/mol. The van der Waals surface area contributed by atoms with Gasteiger partial charge in [0.15, 0.2) is 15.5 Å². The standard InChI is InChI=1S/C18H20N4O3S2/c1-4-21-9-5-6-13(21)11-22-18(26)27-17(20-22)19-16(23)12-7-8-14(24-2)15(10-12)25-3/h5-10H,4,11H2,1-3H3,(H,19,20,23). The summed E-state index contributed by atoms with van der Waals surface area (Å²) in [6.07, 6.45) is 2.02. The SMILES string of the molecule is CCn1cccc1Cn1nc(NC(=O)c2ccc(OC)c(OC)c2)sc1=S. The first kappa shape index (κ1) is 19.1. The first-order chi connectivity index (χ1) is 13.0. The van der Waals surface area contributed by atoms with Gasteiger partial charge in [0.2, 0.25) is 5.13 Å². The molecule has 2 aromatic heterocycles. The Morgan fingerprint density at radius 3 is 2.74 bits per heavy atom. The van der Waals surface area contributed by atoms with Crippen LogP contribution in [-0.2, 0) is 13.1 Å². The van der Waals surface area contributed by atoms with E-state index in [4.69, 9.17) is 21.7 Å². The van der Waals surface area contributed by atoms with Gasteiger partial charge in [-0.1, -0.05) is 11.3 Å². The molecule has 7 nitrogen and oxygen atoms in total. The third kappa shape index (κ3) is 4.20. The molecule has 2 heterocycles. The van der Waals surface area contributed by atoms with Crippen molar-refractivity contribution in [2.75, 3.05) is 19.5 Å². The average molecular weight is 405 g/mol. The molecule has 0 spiro atoms. The van der Waals surface area contributed by atoms with E-state index in [-0.39, 0.29) is 5.91 Å². The molecule has 0 unspecified atom stereocenters. The third-order valence-electron chi connectivity index (χ3n) is 4.05. The topological polar surface area (TPSA) is 70.3 Å². The molecule has 0 atom stereocenters. The van der Waals surface area contributed by atoms with Crippen molar-refractivity contribution >= 4 is 34.6 Å². The fraction of sp³-hybridized carbons (Fsp3) is 0.278. The van der Waals surface area contributed by atoms with E-state index in [0.29, 0.717) is 32.7 Å². The zero-order valence-electron chi connectivity index (χ0n) is 15.3. The third-order valence-corrected chi connectivity index (χ3v) is 5.27. The molecule has 0 aliphatic carbocycles. The molecule has 3 rings (SSSR count). The minimum atomic E-state index is -0.288. The van der Waals surface area contributed by atoms with E-state index in [2.05, 4.69) is 21.9 Å². The number of amides is 1. The van der Waals surface area contributed by atoms with Crippen LogP contribution in [0.1, 0.15) is 23.0 Å². The van der Waals surface area contributed by atoms with Gasteiger partial charge < -0.3 is 14.0 Å². The molecule has 0 aliphatic rings. The van der Waals surface area contributed by atoms with E-state index in [1.807, 2.05) is 18.3 Å². The summed E-state index contributed by atoms with van der Waals surface area (Å²) in [4.78, 5) is 12.5. The summed E-state index contributed by atoms with van der Waals surface area (Å²) in [5.41, 5.74) is 1.55. The number of carbonyl (C=O) groups is 1. The number of anilines is 1. The van der Waals surface area contributed by atoms with Gasteiger partial charge in [0.25, 0.3) is 5.91 Å². The van der Waals surface area contributed by atoms with Gasteiger partial charge in [-0.2, -0.15) is 0 Å². The molecule has 1 amide bonds. The Morgan fingerprint density at radius 1 is 1.26 bits per heavy atom. The van der Waals surface area contributed by atoms with Crippen LogP contribution in [0.3, 0.4) is 0 Å². The number of methoxy groups -OCH3 is 2. The van der Waals surface area contributed by atoms with Crippen LogP contribution in [0.5, 0.6) is 11.5 Å². The number of aryl methyl sites for hydroxylation is 1. The highest BCUT2D eigenvalue weighted by Gasteiger charge is 2.14. The van der Waals surface area contributed by atoms with Crippen LogP contribution < -0.4 is 14.8 Å². The number of hydrogen-bond acceptors (Lipinski definition) is 6. The van der Waals surface area contributed by atoms with Gasteiger partial charge in [0.1, 0.15) is 0 Å². The summed E-state index contributed by atoms with van der Waals surface area (Å²) in [5, 5.41) is 7.68. The second-order valence-corrected chi connectivity index (χ2v) is 7.26. The Kier molecular flexibility index (Phi) is 5.92. The highest BCUT2D eigenvalue weighted by molar-refractivity contribution is 7.73. The highest BCUT2D eigenvalue weighted by atomic mass is 32.1. The van der Waals surface area contributed by atoms with Crippen LogP contribution >= 0.6 is 23.6 Å². The van der Waals surface area contributed by atoms with Gasteiger partial charge in [-0.25, -0.2) is 4.68 Å². The molecule has 1 aromatic carbocycles. The fourth-order valence-corrected chi connectivity index (χ4v) is 3.66. The molecule has 0 fully saturated rings. The summed E-state index contributed by atoms with van der Waals surface area (Å²) in [6, 6.07) is 9.01. The van der Waals surface area contributed by atoms with Gasteiger partial charge >= 0.3 is 0 Å². The normalized spacial score (nSPS) is 10.6. The lowest BCUT2D eigenvalue weighted by Gasteiger charge is -2.09. The van der Waals surface area contributed by atoms with E-state index >= 15 is 0 Å². The van der Waals surface area contributed by atoms with Crippen LogP contribution in [0.25, 0.3) is 0 Å². The van der Waals surface area contributed by atoms with E-state index in [1.165, 1.54) is 18.4 Å². The summed E-state index contributed by atoms with van der Waals surface area (Å²) in [6.45, 7) is 3.52. The zero-order valence-corrected chi connectivity index (χ0v) is 16.9. The van der Waals surface area contributed by atoms with Gasteiger partial charge in [-0.3, -0.25) is 10.1 Å². The molecular formula is C18H20N4O3S2. The van der Waals surface area contributed by atoms with Crippen molar-refractivity contribution in [1.82, 2.24) is 14.3 Å². The predicted molar refractivity (Wildman–Crippen MR) is 108 cm³/mol. The summed E-state index contributed by atoms with van der Waals surface area (Å²) in [7, 11) is 3.07. The first-order valence-electron chi connectivity index (χ1n) is 8.31. The highest BCUT2D eigenvalue weighted by Crippen LogP contribution is 2.28. The zero-order chi connectivity index (χ0) is 19.4. The Morgan fingerprint density at radius 2 is 2.04 bits per heavy atom. The van der Waals surface area contributed by atoms with Crippen molar-refractivity contribution in [1.29, 1.82) is 0 Å². The van der Waals surface area contributed by atoms with Crippen LogP contribution in [0, 0.1) is 3.95 Å². The first-order valence-corrected chi connectivity index (χ1v) is 9.53. The second kappa shape index (κ2) is 8.36. The molecule has 0 saturated heterocycles. The van der Waals surface area contributed by atoms with Crippen LogP contribution in [0.2, 0.25) is 0 Å². The van der Waals surface area contributed by atoms with Crippen LogP contribution in [0.4, 0.5) is 5.13 Å². The lowest BCUT2D eigenvalue weighted by atomic mass is 10.2. The Balaban J connectivity index is 1.76. The maximum Gasteiger partial charge on any atom is 0.257 e. The molecule has 9 heteroatoms. The molecule has 0 radical (unpaired) electrons. The Labute approximate surface area is 166 Å². The molecule has 1 N–H and O–H groups in total. The predicted octanol–water partition coefficient (Wildman–Crippen LogP) is 3.81. The van der Waals surface area contributed by atoms with Crippen molar-refractivity contribution < 1.29 is 14.3 Å². The van der Waals surface area contributed by atoms with Crippen molar-refractivity contribution in [2.45, 2.75) is 20.0 Å². The number of nitrogens with zero attached hydrogens (tertiary/aromatic N) is 3. The number of nitrogens with one attached hydrogen (secondary N) is 1. The minimum absolute atomic E-state index is 0.288. The number of rotatable bonds is 7. The van der Waals surface area contributed by atoms with Gasteiger partial charge in [-0.15, -0.1) is 5.10 Å². The number of carbonyl (C=O) groups excluding carboxylic acids is 1. The second-order valence-electron chi connectivity index (χ2n) is 5.64. The molecule has 0 saturated carbocycles. The summed E-state index contributed by atoms with van der Waals surface area (Å²) in [5.74, 6) is 0.764. The van der Waals surface area contributed by atoms with E-state index in [0.717, 1.165) is 12.2 Å².